The van der Waals surface area contributed by atoms with E-state index in [1.807, 2.05) is 13.1 Å². The van der Waals surface area contributed by atoms with Crippen LogP contribution in [0.4, 0.5) is 5.69 Å². The van der Waals surface area contributed by atoms with Crippen molar-refractivity contribution in [3.8, 4) is 5.75 Å². The molecule has 0 unspecified atom stereocenters. The van der Waals surface area contributed by atoms with Crippen LogP contribution >= 0.6 is 0 Å². The highest BCUT2D eigenvalue weighted by molar-refractivity contribution is 5.44. The van der Waals surface area contributed by atoms with Crippen molar-refractivity contribution in [2.45, 2.75) is 13.8 Å². The molecule has 0 aromatic carbocycles. The molecule has 16 heavy (non-hydrogen) atoms. The maximum absolute atomic E-state index is 5.50. The van der Waals surface area contributed by atoms with Crippen molar-refractivity contribution < 1.29 is 9.47 Å². The summed E-state index contributed by atoms with van der Waals surface area (Å²) in [5.74, 6) is 1.33. The van der Waals surface area contributed by atoms with E-state index in [0.29, 0.717) is 19.1 Å². The van der Waals surface area contributed by atoms with Gasteiger partial charge in [-0.15, -0.1) is 0 Å². The molecule has 0 atom stereocenters. The predicted molar refractivity (Wildman–Crippen MR) is 64.9 cm³/mol. The standard InChI is InChI=1S/C12H20N2O2/c1-10(2)9-15-4-5-16-12-6-11(13-3)7-14-8-12/h6-8,10,13H,4-5,9H2,1-3H3. The molecule has 0 saturated heterocycles. The molecule has 1 rings (SSSR count). The number of pyridine rings is 1. The number of aromatic nitrogens is 1. The smallest absolute Gasteiger partial charge is 0.139 e. The van der Waals surface area contributed by atoms with Crippen molar-refractivity contribution in [2.75, 3.05) is 32.2 Å². The van der Waals surface area contributed by atoms with Crippen LogP contribution in [0.15, 0.2) is 18.5 Å². The number of rotatable bonds is 7. The van der Waals surface area contributed by atoms with E-state index in [1.165, 1.54) is 0 Å². The number of anilines is 1. The Morgan fingerprint density at radius 1 is 1.31 bits per heavy atom. The lowest BCUT2D eigenvalue weighted by Crippen LogP contribution is -2.10. The Morgan fingerprint density at radius 3 is 2.81 bits per heavy atom. The van der Waals surface area contributed by atoms with E-state index in [-0.39, 0.29) is 0 Å². The molecule has 0 fully saturated rings. The number of hydrogen-bond acceptors (Lipinski definition) is 4. The van der Waals surface area contributed by atoms with Gasteiger partial charge in [-0.2, -0.15) is 0 Å². The van der Waals surface area contributed by atoms with Gasteiger partial charge in [0, 0.05) is 19.7 Å². The summed E-state index contributed by atoms with van der Waals surface area (Å²) in [7, 11) is 1.85. The fourth-order valence-corrected chi connectivity index (χ4v) is 1.17. The van der Waals surface area contributed by atoms with E-state index < -0.39 is 0 Å². The van der Waals surface area contributed by atoms with E-state index in [4.69, 9.17) is 9.47 Å². The average molecular weight is 224 g/mol. The lowest BCUT2D eigenvalue weighted by molar-refractivity contribution is 0.0818. The molecule has 90 valence electrons. The minimum absolute atomic E-state index is 0.557. The maximum Gasteiger partial charge on any atom is 0.139 e. The van der Waals surface area contributed by atoms with Gasteiger partial charge in [0.2, 0.25) is 0 Å². The van der Waals surface area contributed by atoms with E-state index >= 15 is 0 Å². The summed E-state index contributed by atoms with van der Waals surface area (Å²) in [4.78, 5) is 4.05. The summed E-state index contributed by atoms with van der Waals surface area (Å²) in [5, 5.41) is 3.01. The first-order valence-electron chi connectivity index (χ1n) is 5.55. The molecule has 4 nitrogen and oxygen atoms in total. The lowest BCUT2D eigenvalue weighted by atomic mass is 10.2. The van der Waals surface area contributed by atoms with Gasteiger partial charge in [-0.05, 0) is 5.92 Å². The van der Waals surface area contributed by atoms with Crippen LogP contribution in [-0.4, -0.2) is 31.9 Å². The molecule has 1 aromatic heterocycles. The fraction of sp³-hybridized carbons (Fsp3) is 0.583. The second-order valence-corrected chi connectivity index (χ2v) is 3.98. The third-order valence-electron chi connectivity index (χ3n) is 1.95. The molecular weight excluding hydrogens is 204 g/mol. The summed E-state index contributed by atoms with van der Waals surface area (Å²) in [5.41, 5.74) is 0.945. The van der Waals surface area contributed by atoms with Crippen molar-refractivity contribution in [3.05, 3.63) is 18.5 Å². The van der Waals surface area contributed by atoms with Crippen molar-refractivity contribution in [1.29, 1.82) is 0 Å². The van der Waals surface area contributed by atoms with Gasteiger partial charge in [-0.1, -0.05) is 13.8 Å². The Hall–Kier alpha value is -1.29. The van der Waals surface area contributed by atoms with Crippen LogP contribution < -0.4 is 10.1 Å². The highest BCUT2D eigenvalue weighted by Gasteiger charge is 1.97. The third-order valence-corrected chi connectivity index (χ3v) is 1.95. The van der Waals surface area contributed by atoms with Gasteiger partial charge in [0.15, 0.2) is 0 Å². The molecule has 0 spiro atoms. The Morgan fingerprint density at radius 2 is 2.12 bits per heavy atom. The van der Waals surface area contributed by atoms with Crippen LogP contribution in [0.2, 0.25) is 0 Å². The molecule has 0 aliphatic rings. The predicted octanol–water partition coefficient (Wildman–Crippen LogP) is 2.17. The summed E-state index contributed by atoms with van der Waals surface area (Å²) in [6, 6.07) is 1.91. The Balaban J connectivity index is 2.21. The van der Waals surface area contributed by atoms with Crippen LogP contribution in [0.25, 0.3) is 0 Å². The zero-order chi connectivity index (χ0) is 11.8. The zero-order valence-electron chi connectivity index (χ0n) is 10.2. The van der Waals surface area contributed by atoms with Crippen LogP contribution in [0.5, 0.6) is 5.75 Å². The molecule has 0 saturated carbocycles. The van der Waals surface area contributed by atoms with E-state index in [9.17, 15) is 0 Å². The average Bonchev–Trinajstić information content (AvgIpc) is 2.28. The Bertz CT molecular complexity index is 303. The molecule has 1 N–H and O–H groups in total. The highest BCUT2D eigenvalue weighted by atomic mass is 16.5. The third kappa shape index (κ3) is 4.98. The largest absolute Gasteiger partial charge is 0.489 e. The summed E-state index contributed by atoms with van der Waals surface area (Å²) >= 11 is 0. The molecule has 4 heteroatoms. The van der Waals surface area contributed by atoms with Crippen molar-refractivity contribution in [1.82, 2.24) is 4.98 Å². The zero-order valence-corrected chi connectivity index (χ0v) is 10.2. The Labute approximate surface area is 97.0 Å². The SMILES string of the molecule is CNc1cncc(OCCOCC(C)C)c1. The maximum atomic E-state index is 5.50. The molecule has 0 aliphatic heterocycles. The van der Waals surface area contributed by atoms with Gasteiger partial charge in [-0.25, -0.2) is 0 Å². The minimum Gasteiger partial charge on any atom is -0.489 e. The molecule has 1 heterocycles. The quantitative estimate of drug-likeness (QED) is 0.721. The first-order chi connectivity index (χ1) is 7.72. The number of nitrogens with one attached hydrogen (secondary N) is 1. The van der Waals surface area contributed by atoms with Gasteiger partial charge in [0.25, 0.3) is 0 Å². The van der Waals surface area contributed by atoms with Gasteiger partial charge < -0.3 is 14.8 Å². The molecule has 0 aliphatic carbocycles. The normalized spacial score (nSPS) is 10.5. The van der Waals surface area contributed by atoms with Crippen LogP contribution in [0.3, 0.4) is 0 Å². The first-order valence-corrected chi connectivity index (χ1v) is 5.55. The van der Waals surface area contributed by atoms with Crippen LogP contribution in [0, 0.1) is 5.92 Å². The van der Waals surface area contributed by atoms with Gasteiger partial charge in [-0.3, -0.25) is 4.98 Å². The molecular formula is C12H20N2O2. The first kappa shape index (κ1) is 12.8. The number of ether oxygens (including phenoxy) is 2. The monoisotopic (exact) mass is 224 g/mol. The van der Waals surface area contributed by atoms with Crippen molar-refractivity contribution in [2.24, 2.45) is 5.92 Å². The molecule has 0 radical (unpaired) electrons. The topological polar surface area (TPSA) is 43.4 Å². The van der Waals surface area contributed by atoms with E-state index in [1.54, 1.807) is 12.4 Å². The summed E-state index contributed by atoms with van der Waals surface area (Å²) in [6.45, 7) is 6.20. The Kier molecular flexibility index (Phi) is 5.64. The molecule has 0 amide bonds. The van der Waals surface area contributed by atoms with Crippen molar-refractivity contribution >= 4 is 5.69 Å². The lowest BCUT2D eigenvalue weighted by Gasteiger charge is -2.09. The molecule has 0 bridgehead atoms. The van der Waals surface area contributed by atoms with Gasteiger partial charge in [0.1, 0.15) is 12.4 Å². The fourth-order valence-electron chi connectivity index (χ4n) is 1.17. The second kappa shape index (κ2) is 7.06. The van der Waals surface area contributed by atoms with Crippen molar-refractivity contribution in [3.63, 3.8) is 0 Å². The minimum atomic E-state index is 0.557. The van der Waals surface area contributed by atoms with E-state index in [0.717, 1.165) is 18.0 Å². The second-order valence-electron chi connectivity index (χ2n) is 3.98. The number of hydrogen-bond donors (Lipinski definition) is 1. The summed E-state index contributed by atoms with van der Waals surface area (Å²) < 4.78 is 10.9. The van der Waals surface area contributed by atoms with Gasteiger partial charge in [0.05, 0.1) is 24.7 Å². The summed E-state index contributed by atoms with van der Waals surface area (Å²) in [6.07, 6.45) is 3.45. The highest BCUT2D eigenvalue weighted by Crippen LogP contribution is 2.14. The molecule has 1 aromatic rings. The number of nitrogens with zero attached hydrogens (tertiary/aromatic N) is 1. The van der Waals surface area contributed by atoms with Crippen LogP contribution in [0.1, 0.15) is 13.8 Å². The van der Waals surface area contributed by atoms with Gasteiger partial charge >= 0.3 is 0 Å². The van der Waals surface area contributed by atoms with E-state index in [2.05, 4.69) is 24.1 Å². The van der Waals surface area contributed by atoms with Crippen LogP contribution in [-0.2, 0) is 4.74 Å².